The molecule has 2 aromatic carbocycles. The molecule has 6 heteroatoms. The fourth-order valence-corrected chi connectivity index (χ4v) is 2.46. The number of anilines is 3. The van der Waals surface area contributed by atoms with E-state index in [1.54, 1.807) is 12.1 Å². The Balaban J connectivity index is 2.01. The van der Waals surface area contributed by atoms with Crippen LogP contribution in [0.15, 0.2) is 48.5 Å². The molecule has 0 aliphatic rings. The van der Waals surface area contributed by atoms with E-state index in [-0.39, 0.29) is 6.10 Å². The van der Waals surface area contributed by atoms with Gasteiger partial charge >= 0.3 is 0 Å². The Labute approximate surface area is 131 Å². The molecule has 5 nitrogen and oxygen atoms in total. The second kappa shape index (κ2) is 6.70. The fraction of sp³-hybridized carbons (Fsp3) is 0.250. The van der Waals surface area contributed by atoms with Crippen molar-refractivity contribution in [3.63, 3.8) is 0 Å². The highest BCUT2D eigenvalue weighted by atomic mass is 32.2. The Morgan fingerprint density at radius 1 is 0.864 bits per heavy atom. The molecule has 2 rings (SSSR count). The summed E-state index contributed by atoms with van der Waals surface area (Å²) in [6.07, 6.45) is 1.27. The zero-order chi connectivity index (χ0) is 16.2. The minimum atomic E-state index is -3.25. The van der Waals surface area contributed by atoms with Gasteiger partial charge in [0.1, 0.15) is 5.75 Å². The van der Waals surface area contributed by atoms with Gasteiger partial charge < -0.3 is 10.1 Å². The summed E-state index contributed by atoms with van der Waals surface area (Å²) in [5.41, 5.74) is 2.34. The Hall–Kier alpha value is -2.21. The summed E-state index contributed by atoms with van der Waals surface area (Å²) in [7, 11) is -3.25. The largest absolute Gasteiger partial charge is 0.491 e. The maximum Gasteiger partial charge on any atom is 0.229 e. The molecule has 0 bridgehead atoms. The highest BCUT2D eigenvalue weighted by Gasteiger charge is 2.02. The van der Waals surface area contributed by atoms with Crippen LogP contribution in [0.4, 0.5) is 17.1 Å². The van der Waals surface area contributed by atoms with Crippen LogP contribution in [-0.4, -0.2) is 20.8 Å². The van der Waals surface area contributed by atoms with E-state index in [0.717, 1.165) is 23.4 Å². The van der Waals surface area contributed by atoms with Crippen LogP contribution in [0, 0.1) is 0 Å². The van der Waals surface area contributed by atoms with Crippen molar-refractivity contribution in [1.82, 2.24) is 0 Å². The van der Waals surface area contributed by atoms with Gasteiger partial charge in [-0.15, -0.1) is 0 Å². The van der Waals surface area contributed by atoms with Crippen LogP contribution in [0.1, 0.15) is 13.8 Å². The minimum absolute atomic E-state index is 0.147. The van der Waals surface area contributed by atoms with Crippen molar-refractivity contribution in [2.24, 2.45) is 0 Å². The summed E-state index contributed by atoms with van der Waals surface area (Å²) in [5, 5.41) is 3.24. The Morgan fingerprint density at radius 3 is 1.77 bits per heavy atom. The van der Waals surface area contributed by atoms with Crippen molar-refractivity contribution >= 4 is 27.1 Å². The molecule has 0 unspecified atom stereocenters. The molecular formula is C16H20N2O3S. The van der Waals surface area contributed by atoms with E-state index in [2.05, 4.69) is 10.0 Å². The third kappa shape index (κ3) is 5.29. The Morgan fingerprint density at radius 2 is 1.32 bits per heavy atom. The zero-order valence-corrected chi connectivity index (χ0v) is 13.6. The van der Waals surface area contributed by atoms with Crippen molar-refractivity contribution in [2.75, 3.05) is 16.3 Å². The van der Waals surface area contributed by atoms with E-state index in [9.17, 15) is 8.42 Å². The standard InChI is InChI=1S/C16H20N2O3S/c1-12(2)21-16-10-8-14(9-11-16)17-13-4-6-15(7-5-13)18-22(3,19)20/h4-12,17-18H,1-3H3. The number of nitrogens with one attached hydrogen (secondary N) is 2. The first kappa shape index (κ1) is 16.2. The van der Waals surface area contributed by atoms with Crippen LogP contribution < -0.4 is 14.8 Å². The van der Waals surface area contributed by atoms with E-state index in [4.69, 9.17) is 4.74 Å². The van der Waals surface area contributed by atoms with E-state index < -0.39 is 10.0 Å². The summed E-state index contributed by atoms with van der Waals surface area (Å²) < 4.78 is 30.3. The fourth-order valence-electron chi connectivity index (χ4n) is 1.89. The molecular weight excluding hydrogens is 300 g/mol. The summed E-state index contributed by atoms with van der Waals surface area (Å²) in [6.45, 7) is 3.97. The summed E-state index contributed by atoms with van der Waals surface area (Å²) >= 11 is 0. The first-order valence-electron chi connectivity index (χ1n) is 6.93. The van der Waals surface area contributed by atoms with E-state index >= 15 is 0 Å². The predicted molar refractivity (Wildman–Crippen MR) is 90.4 cm³/mol. The highest BCUT2D eigenvalue weighted by Crippen LogP contribution is 2.22. The molecule has 22 heavy (non-hydrogen) atoms. The molecule has 0 aliphatic carbocycles. The molecule has 0 saturated carbocycles. The van der Waals surface area contributed by atoms with Crippen LogP contribution >= 0.6 is 0 Å². The van der Waals surface area contributed by atoms with Crippen molar-refractivity contribution in [3.8, 4) is 5.75 Å². The summed E-state index contributed by atoms with van der Waals surface area (Å²) in [6, 6.07) is 14.7. The van der Waals surface area contributed by atoms with Crippen LogP contribution in [0.5, 0.6) is 5.75 Å². The van der Waals surface area contributed by atoms with Gasteiger partial charge in [-0.1, -0.05) is 0 Å². The average molecular weight is 320 g/mol. The molecule has 0 fully saturated rings. The second-order valence-electron chi connectivity index (χ2n) is 5.27. The molecule has 2 aromatic rings. The summed E-state index contributed by atoms with van der Waals surface area (Å²) in [5.74, 6) is 0.827. The number of hydrogen-bond acceptors (Lipinski definition) is 4. The lowest BCUT2D eigenvalue weighted by Gasteiger charge is -2.11. The first-order chi connectivity index (χ1) is 10.3. The van der Waals surface area contributed by atoms with Gasteiger partial charge in [-0.05, 0) is 62.4 Å². The number of rotatable bonds is 6. The van der Waals surface area contributed by atoms with Crippen LogP contribution in [-0.2, 0) is 10.0 Å². The molecule has 0 spiro atoms. The van der Waals surface area contributed by atoms with E-state index in [1.807, 2.05) is 50.2 Å². The van der Waals surface area contributed by atoms with Crippen molar-refractivity contribution in [1.29, 1.82) is 0 Å². The minimum Gasteiger partial charge on any atom is -0.491 e. The van der Waals surface area contributed by atoms with Crippen LogP contribution in [0.25, 0.3) is 0 Å². The lowest BCUT2D eigenvalue weighted by molar-refractivity contribution is 0.242. The van der Waals surface area contributed by atoms with Gasteiger partial charge in [-0.3, -0.25) is 4.72 Å². The Bertz CT molecular complexity index is 708. The number of hydrogen-bond donors (Lipinski definition) is 2. The highest BCUT2D eigenvalue weighted by molar-refractivity contribution is 7.92. The molecule has 0 atom stereocenters. The SMILES string of the molecule is CC(C)Oc1ccc(Nc2ccc(NS(C)(=O)=O)cc2)cc1. The molecule has 118 valence electrons. The van der Waals surface area contributed by atoms with E-state index in [0.29, 0.717) is 5.69 Å². The average Bonchev–Trinajstić information content (AvgIpc) is 2.41. The Kier molecular flexibility index (Phi) is 4.92. The van der Waals surface area contributed by atoms with Crippen molar-refractivity contribution in [2.45, 2.75) is 20.0 Å². The van der Waals surface area contributed by atoms with Gasteiger partial charge in [0.05, 0.1) is 12.4 Å². The molecule has 0 aliphatic heterocycles. The van der Waals surface area contributed by atoms with E-state index in [1.165, 1.54) is 0 Å². The maximum atomic E-state index is 11.1. The third-order valence-electron chi connectivity index (χ3n) is 2.70. The molecule has 0 radical (unpaired) electrons. The lowest BCUT2D eigenvalue weighted by atomic mass is 10.2. The van der Waals surface area contributed by atoms with Crippen molar-refractivity contribution in [3.05, 3.63) is 48.5 Å². The molecule has 0 heterocycles. The van der Waals surface area contributed by atoms with Crippen LogP contribution in [0.3, 0.4) is 0 Å². The van der Waals surface area contributed by atoms with Gasteiger partial charge in [0.25, 0.3) is 0 Å². The quantitative estimate of drug-likeness (QED) is 0.853. The number of sulfonamides is 1. The van der Waals surface area contributed by atoms with Gasteiger partial charge in [-0.2, -0.15) is 0 Å². The van der Waals surface area contributed by atoms with Gasteiger partial charge in [0.15, 0.2) is 0 Å². The topological polar surface area (TPSA) is 67.4 Å². The van der Waals surface area contributed by atoms with Gasteiger partial charge in [0, 0.05) is 17.1 Å². The summed E-state index contributed by atoms with van der Waals surface area (Å²) in [4.78, 5) is 0. The molecule has 0 aromatic heterocycles. The lowest BCUT2D eigenvalue weighted by Crippen LogP contribution is -2.09. The first-order valence-corrected chi connectivity index (χ1v) is 8.82. The molecule has 2 N–H and O–H groups in total. The zero-order valence-electron chi connectivity index (χ0n) is 12.8. The number of benzene rings is 2. The van der Waals surface area contributed by atoms with Crippen molar-refractivity contribution < 1.29 is 13.2 Å². The predicted octanol–water partition coefficient (Wildman–Crippen LogP) is 3.59. The van der Waals surface area contributed by atoms with Crippen LogP contribution in [0.2, 0.25) is 0 Å². The normalized spacial score (nSPS) is 11.3. The monoisotopic (exact) mass is 320 g/mol. The van der Waals surface area contributed by atoms with Gasteiger partial charge in [-0.25, -0.2) is 8.42 Å². The number of ether oxygens (including phenoxy) is 1. The second-order valence-corrected chi connectivity index (χ2v) is 7.02. The smallest absolute Gasteiger partial charge is 0.229 e. The maximum absolute atomic E-state index is 11.1. The molecule has 0 amide bonds. The van der Waals surface area contributed by atoms with Gasteiger partial charge in [0.2, 0.25) is 10.0 Å². The third-order valence-corrected chi connectivity index (χ3v) is 3.31. The molecule has 0 saturated heterocycles.